The quantitative estimate of drug-likeness (QED) is 0.489. The minimum atomic E-state index is -1.48. The summed E-state index contributed by atoms with van der Waals surface area (Å²) >= 11 is 4.20. The SMILES string of the molecule is O[C@H]1C#C/C=C/C#C[C@@]2(O)CC3(C=C1/C2=C/CS)OCCO3. The van der Waals surface area contributed by atoms with Crippen molar-refractivity contribution in [2.24, 2.45) is 0 Å². The van der Waals surface area contributed by atoms with E-state index in [1.165, 1.54) is 0 Å². The lowest BCUT2D eigenvalue weighted by Gasteiger charge is -2.40. The summed E-state index contributed by atoms with van der Waals surface area (Å²) in [6.07, 6.45) is 5.61. The molecule has 0 saturated carbocycles. The van der Waals surface area contributed by atoms with Crippen LogP contribution in [-0.4, -0.2) is 46.7 Å². The number of hydrogen-bond donors (Lipinski definition) is 3. The lowest BCUT2D eigenvalue weighted by Crippen LogP contribution is -2.47. The number of fused-ring (bicyclic) bond motifs is 2. The molecule has 1 aliphatic heterocycles. The second kappa shape index (κ2) is 5.96. The molecule has 3 rings (SSSR count). The van der Waals surface area contributed by atoms with Gasteiger partial charge in [-0.2, -0.15) is 12.6 Å². The molecule has 22 heavy (non-hydrogen) atoms. The highest BCUT2D eigenvalue weighted by atomic mass is 32.1. The van der Waals surface area contributed by atoms with E-state index in [1.54, 1.807) is 24.3 Å². The number of aliphatic hydroxyl groups excluding tert-OH is 1. The van der Waals surface area contributed by atoms with Crippen molar-refractivity contribution in [1.82, 2.24) is 0 Å². The molecule has 3 aliphatic rings. The topological polar surface area (TPSA) is 58.9 Å². The molecule has 2 atom stereocenters. The molecule has 1 fully saturated rings. The van der Waals surface area contributed by atoms with E-state index >= 15 is 0 Å². The molecular weight excluding hydrogens is 300 g/mol. The lowest BCUT2D eigenvalue weighted by atomic mass is 9.75. The highest BCUT2D eigenvalue weighted by Crippen LogP contribution is 2.43. The molecule has 1 saturated heterocycles. The third-order valence-corrected chi connectivity index (χ3v) is 3.93. The Balaban J connectivity index is 2.21. The van der Waals surface area contributed by atoms with E-state index in [4.69, 9.17) is 9.47 Å². The zero-order chi connectivity index (χ0) is 15.6. The summed E-state index contributed by atoms with van der Waals surface area (Å²) in [6, 6.07) is 0. The fraction of sp³-hybridized carbons (Fsp3) is 0.412. The molecule has 114 valence electrons. The Kier molecular flexibility index (Phi) is 4.18. The maximum Gasteiger partial charge on any atom is 0.192 e. The van der Waals surface area contributed by atoms with Crippen molar-refractivity contribution in [2.45, 2.75) is 23.9 Å². The Morgan fingerprint density at radius 1 is 1.32 bits per heavy atom. The molecule has 5 heteroatoms. The molecule has 0 unspecified atom stereocenters. The van der Waals surface area contributed by atoms with Crippen molar-refractivity contribution in [3.63, 3.8) is 0 Å². The summed E-state index contributed by atoms with van der Waals surface area (Å²) in [4.78, 5) is 0. The van der Waals surface area contributed by atoms with Crippen molar-refractivity contribution in [3.8, 4) is 23.7 Å². The average Bonchev–Trinajstić information content (AvgIpc) is 2.92. The Morgan fingerprint density at radius 2 is 2.05 bits per heavy atom. The van der Waals surface area contributed by atoms with Crippen LogP contribution in [0, 0.1) is 23.7 Å². The first-order chi connectivity index (χ1) is 10.6. The molecular formula is C17H16O4S. The van der Waals surface area contributed by atoms with Crippen LogP contribution in [0.25, 0.3) is 0 Å². The van der Waals surface area contributed by atoms with E-state index in [9.17, 15) is 10.2 Å². The first-order valence-corrected chi connectivity index (χ1v) is 7.64. The van der Waals surface area contributed by atoms with Crippen molar-refractivity contribution >= 4 is 12.6 Å². The van der Waals surface area contributed by atoms with E-state index in [1.807, 2.05) is 0 Å². The van der Waals surface area contributed by atoms with Gasteiger partial charge in [0.2, 0.25) is 0 Å². The fourth-order valence-corrected chi connectivity index (χ4v) is 3.06. The first kappa shape index (κ1) is 15.4. The van der Waals surface area contributed by atoms with Crippen molar-refractivity contribution in [1.29, 1.82) is 0 Å². The van der Waals surface area contributed by atoms with Crippen LogP contribution in [0.4, 0.5) is 0 Å². The van der Waals surface area contributed by atoms with E-state index in [-0.39, 0.29) is 6.42 Å². The van der Waals surface area contributed by atoms with Gasteiger partial charge in [-0.15, -0.1) is 0 Å². The Bertz CT molecular complexity index is 677. The largest absolute Gasteiger partial charge is 0.376 e. The number of allylic oxidation sites excluding steroid dienone is 2. The number of ether oxygens (including phenoxy) is 2. The third kappa shape index (κ3) is 2.75. The van der Waals surface area contributed by atoms with Gasteiger partial charge in [-0.1, -0.05) is 29.8 Å². The molecule has 0 radical (unpaired) electrons. The monoisotopic (exact) mass is 316 g/mol. The summed E-state index contributed by atoms with van der Waals surface area (Å²) in [7, 11) is 0. The summed E-state index contributed by atoms with van der Waals surface area (Å²) < 4.78 is 11.4. The summed E-state index contributed by atoms with van der Waals surface area (Å²) in [6.45, 7) is 0.862. The van der Waals surface area contributed by atoms with E-state index in [2.05, 4.69) is 36.3 Å². The van der Waals surface area contributed by atoms with E-state index < -0.39 is 17.5 Å². The van der Waals surface area contributed by atoms with Crippen molar-refractivity contribution in [3.05, 3.63) is 35.5 Å². The number of aliphatic hydroxyl groups is 2. The van der Waals surface area contributed by atoms with Gasteiger partial charge < -0.3 is 19.7 Å². The molecule has 0 aromatic rings. The van der Waals surface area contributed by atoms with E-state index in [0.717, 1.165) is 0 Å². The van der Waals surface area contributed by atoms with Gasteiger partial charge in [0.15, 0.2) is 11.4 Å². The summed E-state index contributed by atoms with van der Waals surface area (Å²) in [5.41, 5.74) is -0.514. The van der Waals surface area contributed by atoms with Crippen LogP contribution in [0.2, 0.25) is 0 Å². The predicted octanol–water partition coefficient (Wildman–Crippen LogP) is 0.584. The van der Waals surface area contributed by atoms with Crippen molar-refractivity contribution < 1.29 is 19.7 Å². The predicted molar refractivity (Wildman–Crippen MR) is 84.9 cm³/mol. The van der Waals surface area contributed by atoms with Gasteiger partial charge in [0.25, 0.3) is 0 Å². The minimum Gasteiger partial charge on any atom is -0.376 e. The molecule has 2 N–H and O–H groups in total. The van der Waals surface area contributed by atoms with Crippen LogP contribution in [0.3, 0.4) is 0 Å². The lowest BCUT2D eigenvalue weighted by molar-refractivity contribution is -0.149. The smallest absolute Gasteiger partial charge is 0.192 e. The van der Waals surface area contributed by atoms with Gasteiger partial charge >= 0.3 is 0 Å². The van der Waals surface area contributed by atoms with Gasteiger partial charge in [-0.05, 0) is 23.8 Å². The second-order valence-corrected chi connectivity index (χ2v) is 5.60. The number of hydrogen-bond acceptors (Lipinski definition) is 5. The van der Waals surface area contributed by atoms with Crippen LogP contribution in [0.1, 0.15) is 6.42 Å². The molecule has 0 aromatic carbocycles. The maximum atomic E-state index is 11.1. The highest BCUT2D eigenvalue weighted by molar-refractivity contribution is 7.80. The Labute approximate surface area is 134 Å². The summed E-state index contributed by atoms with van der Waals surface area (Å²) in [5.74, 6) is 10.4. The maximum absolute atomic E-state index is 11.1. The molecule has 4 nitrogen and oxygen atoms in total. The second-order valence-electron chi connectivity index (χ2n) is 5.24. The number of thiol groups is 1. The Morgan fingerprint density at radius 3 is 2.77 bits per heavy atom. The number of rotatable bonds is 1. The fourth-order valence-electron chi connectivity index (χ4n) is 2.88. The molecule has 0 amide bonds. The van der Waals surface area contributed by atoms with Crippen LogP contribution >= 0.6 is 12.6 Å². The van der Waals surface area contributed by atoms with Crippen molar-refractivity contribution in [2.75, 3.05) is 19.0 Å². The van der Waals surface area contributed by atoms with Crippen LogP contribution in [0.15, 0.2) is 35.5 Å². The van der Waals surface area contributed by atoms with Gasteiger partial charge in [0, 0.05) is 11.3 Å². The zero-order valence-electron chi connectivity index (χ0n) is 11.9. The Hall–Kier alpha value is -1.47. The molecule has 2 aliphatic carbocycles. The average molecular weight is 316 g/mol. The molecule has 0 aromatic heterocycles. The van der Waals surface area contributed by atoms with Gasteiger partial charge in [0.1, 0.15) is 6.10 Å². The zero-order valence-corrected chi connectivity index (χ0v) is 12.8. The molecule has 2 bridgehead atoms. The van der Waals surface area contributed by atoms with E-state index in [0.29, 0.717) is 30.1 Å². The molecule has 1 spiro atoms. The first-order valence-electron chi connectivity index (χ1n) is 7.00. The van der Waals surface area contributed by atoms with Crippen LogP contribution in [-0.2, 0) is 9.47 Å². The minimum absolute atomic E-state index is 0.143. The van der Waals surface area contributed by atoms with Gasteiger partial charge in [0.05, 0.1) is 19.6 Å². The van der Waals surface area contributed by atoms with Gasteiger partial charge in [-0.25, -0.2) is 0 Å². The third-order valence-electron chi connectivity index (χ3n) is 3.75. The standard InChI is InChI=1S/C17H16O4S/c18-15-5-3-1-2-4-7-16(19)12-17(20-8-9-21-17)11-13(15)14(16)6-10-22/h1-2,6,11,15,18-19,22H,8-10,12H2/b2-1+,14-6-/t15-,16+/m0/s1. The highest BCUT2D eigenvalue weighted by Gasteiger charge is 2.50. The van der Waals surface area contributed by atoms with Crippen LogP contribution < -0.4 is 0 Å². The normalized spacial score (nSPS) is 35.1. The van der Waals surface area contributed by atoms with Crippen LogP contribution in [0.5, 0.6) is 0 Å². The van der Waals surface area contributed by atoms with Gasteiger partial charge in [-0.3, -0.25) is 0 Å². The summed E-state index contributed by atoms with van der Waals surface area (Å²) in [5, 5.41) is 21.5. The molecule has 1 heterocycles.